The second kappa shape index (κ2) is 12.4. The predicted molar refractivity (Wildman–Crippen MR) is 160 cm³/mol. The summed E-state index contributed by atoms with van der Waals surface area (Å²) in [5.74, 6) is 1.14. The Morgan fingerprint density at radius 1 is 0.949 bits per heavy atom. The second-order valence-corrected chi connectivity index (χ2v) is 12.4. The van der Waals surface area contributed by atoms with Gasteiger partial charge in [-0.3, -0.25) is 9.69 Å². The van der Waals surface area contributed by atoms with E-state index in [1.165, 1.54) is 58.0 Å². The number of hydrogen-bond donors (Lipinski definition) is 0. The van der Waals surface area contributed by atoms with Crippen LogP contribution < -0.4 is 4.74 Å². The molecule has 0 aromatic heterocycles. The molecule has 5 rings (SSSR count). The van der Waals surface area contributed by atoms with Crippen LogP contribution in [-0.4, -0.2) is 47.6 Å². The van der Waals surface area contributed by atoms with Crippen molar-refractivity contribution in [1.82, 2.24) is 4.90 Å². The Morgan fingerprint density at radius 3 is 2.26 bits per heavy atom. The van der Waals surface area contributed by atoms with Crippen LogP contribution in [0.15, 0.2) is 49.0 Å². The van der Waals surface area contributed by atoms with Crippen molar-refractivity contribution in [3.8, 4) is 5.75 Å². The highest BCUT2D eigenvalue weighted by molar-refractivity contribution is 5.97. The Labute approximate surface area is 235 Å². The van der Waals surface area contributed by atoms with Crippen molar-refractivity contribution in [2.45, 2.75) is 115 Å². The molecule has 2 heterocycles. The Morgan fingerprint density at radius 2 is 1.59 bits per heavy atom. The molecule has 1 saturated carbocycles. The van der Waals surface area contributed by atoms with Crippen molar-refractivity contribution >= 4 is 11.4 Å². The van der Waals surface area contributed by atoms with Crippen molar-refractivity contribution < 1.29 is 14.3 Å². The third-order valence-corrected chi connectivity index (χ3v) is 9.42. The molecule has 2 aliphatic heterocycles. The Balaban J connectivity index is 1.24. The summed E-state index contributed by atoms with van der Waals surface area (Å²) in [4.78, 5) is 16.2. The van der Waals surface area contributed by atoms with Gasteiger partial charge in [0.15, 0.2) is 5.78 Å². The summed E-state index contributed by atoms with van der Waals surface area (Å²) in [6, 6.07) is 14.4. The van der Waals surface area contributed by atoms with Crippen LogP contribution in [0.25, 0.3) is 5.57 Å². The first-order valence-electron chi connectivity index (χ1n) is 15.3. The van der Waals surface area contributed by atoms with Gasteiger partial charge < -0.3 is 9.47 Å². The molecule has 0 amide bonds. The van der Waals surface area contributed by atoms with Crippen molar-refractivity contribution in [2.75, 3.05) is 13.1 Å². The number of likely N-dealkylation sites (tertiary alicyclic amines) is 1. The molecular formula is C35H47NO3. The first-order chi connectivity index (χ1) is 18.8. The molecule has 1 aliphatic carbocycles. The first-order valence-corrected chi connectivity index (χ1v) is 15.3. The second-order valence-electron chi connectivity index (χ2n) is 12.4. The fourth-order valence-electron chi connectivity index (χ4n) is 7.26. The van der Waals surface area contributed by atoms with Crippen LogP contribution in [-0.2, 0) is 4.74 Å². The number of carbonyl (C=O) groups excluding carboxylic acids is 1. The molecule has 2 aromatic carbocycles. The minimum absolute atomic E-state index is 0.182. The van der Waals surface area contributed by atoms with Gasteiger partial charge in [0.05, 0.1) is 12.2 Å². The van der Waals surface area contributed by atoms with Gasteiger partial charge in [0, 0.05) is 30.4 Å². The number of Topliss-reactive ketones (excluding diaryl/α,β-unsaturated/α-hetero) is 1. The molecule has 0 bridgehead atoms. The maximum Gasteiger partial charge on any atom is 0.162 e. The van der Waals surface area contributed by atoms with Crippen molar-refractivity contribution in [3.05, 3.63) is 71.3 Å². The molecule has 2 saturated heterocycles. The molecule has 3 aliphatic rings. The number of carbonyl (C=O) groups is 1. The summed E-state index contributed by atoms with van der Waals surface area (Å²) in [7, 11) is 0. The molecule has 39 heavy (non-hydrogen) atoms. The summed E-state index contributed by atoms with van der Waals surface area (Å²) in [5, 5.41) is 0. The van der Waals surface area contributed by atoms with Crippen molar-refractivity contribution in [2.24, 2.45) is 0 Å². The standard InChI is InChI=1S/C35H47NO3/c1-25-10-11-30(34(37)16-19-35(17-6-7-18-35)36-20-8-5-9-21-36)24-33(25)28(4)29-12-14-31(15-13-29)39-32-22-26(2)38-27(3)23-32/h10-15,24,26-27,32H,4-9,16-23H2,1-3H3/t26-,27+,32?. The molecule has 0 radical (unpaired) electrons. The largest absolute Gasteiger partial charge is 0.490 e. The van der Waals surface area contributed by atoms with Gasteiger partial charge in [-0.1, -0.05) is 50.1 Å². The molecule has 0 N–H and O–H groups in total. The average Bonchev–Trinajstić information content (AvgIpc) is 3.42. The molecule has 3 fully saturated rings. The summed E-state index contributed by atoms with van der Waals surface area (Å²) in [6.45, 7) is 13.2. The number of benzene rings is 2. The van der Waals surface area contributed by atoms with Gasteiger partial charge in [-0.05, 0) is 106 Å². The fraction of sp³-hybridized carbons (Fsp3) is 0.571. The molecule has 0 spiro atoms. The molecule has 2 aromatic rings. The Kier molecular flexibility index (Phi) is 8.93. The van der Waals surface area contributed by atoms with Crippen LogP contribution in [0, 0.1) is 6.92 Å². The van der Waals surface area contributed by atoms with Crippen LogP contribution in [0.1, 0.15) is 112 Å². The minimum atomic E-state index is 0.182. The third-order valence-electron chi connectivity index (χ3n) is 9.42. The normalized spacial score (nSPS) is 25.4. The summed E-state index contributed by atoms with van der Waals surface area (Å²) < 4.78 is 12.1. The maximum absolute atomic E-state index is 13.5. The molecular weight excluding hydrogens is 482 g/mol. The van der Waals surface area contributed by atoms with Gasteiger partial charge in [0.2, 0.25) is 0 Å². The van der Waals surface area contributed by atoms with Crippen molar-refractivity contribution in [1.29, 1.82) is 0 Å². The lowest BCUT2D eigenvalue weighted by Gasteiger charge is -2.44. The zero-order valence-corrected chi connectivity index (χ0v) is 24.3. The molecule has 4 heteroatoms. The van der Waals surface area contributed by atoms with Gasteiger partial charge in [-0.25, -0.2) is 0 Å². The summed E-state index contributed by atoms with van der Waals surface area (Å²) in [5.41, 5.74) is 5.25. The van der Waals surface area contributed by atoms with E-state index in [0.717, 1.165) is 52.8 Å². The van der Waals surface area contributed by atoms with E-state index in [4.69, 9.17) is 9.47 Å². The van der Waals surface area contributed by atoms with Crippen LogP contribution in [0.5, 0.6) is 5.75 Å². The predicted octanol–water partition coefficient (Wildman–Crippen LogP) is 8.15. The molecule has 210 valence electrons. The van der Waals surface area contributed by atoms with E-state index in [0.29, 0.717) is 6.42 Å². The highest BCUT2D eigenvalue weighted by Gasteiger charge is 2.39. The van der Waals surface area contributed by atoms with Crippen LogP contribution in [0.2, 0.25) is 0 Å². The number of nitrogens with zero attached hydrogens (tertiary/aromatic N) is 1. The monoisotopic (exact) mass is 529 g/mol. The molecule has 1 unspecified atom stereocenters. The van der Waals surface area contributed by atoms with Gasteiger partial charge in [-0.15, -0.1) is 0 Å². The zero-order chi connectivity index (χ0) is 27.4. The fourth-order valence-corrected chi connectivity index (χ4v) is 7.26. The van der Waals surface area contributed by atoms with Crippen LogP contribution >= 0.6 is 0 Å². The van der Waals surface area contributed by atoms with E-state index in [2.05, 4.69) is 56.5 Å². The van der Waals surface area contributed by atoms with Crippen molar-refractivity contribution in [3.63, 3.8) is 0 Å². The topological polar surface area (TPSA) is 38.8 Å². The number of rotatable bonds is 9. The lowest BCUT2D eigenvalue weighted by atomic mass is 9.85. The Bertz CT molecular complexity index is 1130. The first kappa shape index (κ1) is 28.1. The SMILES string of the molecule is C=C(c1ccc(OC2C[C@@H](C)O[C@@H](C)C2)cc1)c1cc(C(=O)CCC2(N3CCCCC3)CCCC2)ccc1C. The van der Waals surface area contributed by atoms with E-state index < -0.39 is 0 Å². The summed E-state index contributed by atoms with van der Waals surface area (Å²) in [6.07, 6.45) is 13.2. The highest BCUT2D eigenvalue weighted by atomic mass is 16.5. The highest BCUT2D eigenvalue weighted by Crippen LogP contribution is 2.41. The number of piperidine rings is 1. The van der Waals surface area contributed by atoms with Gasteiger partial charge in [0.1, 0.15) is 11.9 Å². The van der Waals surface area contributed by atoms with E-state index >= 15 is 0 Å². The molecule has 3 atom stereocenters. The van der Waals surface area contributed by atoms with Gasteiger partial charge in [-0.2, -0.15) is 0 Å². The summed E-state index contributed by atoms with van der Waals surface area (Å²) >= 11 is 0. The van der Waals surface area contributed by atoms with Crippen LogP contribution in [0.4, 0.5) is 0 Å². The van der Waals surface area contributed by atoms with Gasteiger partial charge >= 0.3 is 0 Å². The lowest BCUT2D eigenvalue weighted by molar-refractivity contribution is -0.0721. The Hall–Kier alpha value is -2.43. The smallest absolute Gasteiger partial charge is 0.162 e. The van der Waals surface area contributed by atoms with E-state index in [-0.39, 0.29) is 29.6 Å². The maximum atomic E-state index is 13.5. The molecule has 4 nitrogen and oxygen atoms in total. The van der Waals surface area contributed by atoms with Gasteiger partial charge in [0.25, 0.3) is 0 Å². The quantitative estimate of drug-likeness (QED) is 0.307. The number of ether oxygens (including phenoxy) is 2. The number of ketones is 1. The average molecular weight is 530 g/mol. The third kappa shape index (κ3) is 6.66. The zero-order valence-electron chi connectivity index (χ0n) is 24.3. The lowest BCUT2D eigenvalue weighted by Crippen LogP contribution is -2.49. The van der Waals surface area contributed by atoms with E-state index in [1.54, 1.807) is 0 Å². The van der Waals surface area contributed by atoms with E-state index in [1.807, 2.05) is 18.2 Å². The van der Waals surface area contributed by atoms with Crippen LogP contribution in [0.3, 0.4) is 0 Å². The number of hydrogen-bond acceptors (Lipinski definition) is 4. The van der Waals surface area contributed by atoms with E-state index in [9.17, 15) is 4.79 Å². The number of aryl methyl sites for hydroxylation is 1. The minimum Gasteiger partial charge on any atom is -0.490 e.